The molecule has 1 N–H and O–H groups in total. The van der Waals surface area contributed by atoms with Gasteiger partial charge < -0.3 is 10.1 Å². The third-order valence-electron chi connectivity index (χ3n) is 5.30. The van der Waals surface area contributed by atoms with E-state index in [1.165, 1.54) is 32.1 Å². The van der Waals surface area contributed by atoms with E-state index in [2.05, 4.69) is 31.1 Å². The van der Waals surface area contributed by atoms with Gasteiger partial charge in [-0.3, -0.25) is 4.90 Å². The standard InChI is InChI=1S/C15H30N2O/c1-4-15(2,17-9-11-18-12-10-17)14(16-3)13-7-5-6-8-13/h13-14,16H,4-12H2,1-3H3. The van der Waals surface area contributed by atoms with E-state index < -0.39 is 0 Å². The van der Waals surface area contributed by atoms with E-state index in [0.717, 1.165) is 32.2 Å². The quantitative estimate of drug-likeness (QED) is 0.814. The van der Waals surface area contributed by atoms with Gasteiger partial charge in [-0.05, 0) is 39.2 Å². The molecule has 2 atom stereocenters. The van der Waals surface area contributed by atoms with Gasteiger partial charge in [0.2, 0.25) is 0 Å². The molecular weight excluding hydrogens is 224 g/mol. The van der Waals surface area contributed by atoms with E-state index in [1.807, 2.05) is 0 Å². The maximum atomic E-state index is 5.52. The molecule has 2 rings (SSSR count). The molecule has 0 spiro atoms. The van der Waals surface area contributed by atoms with Gasteiger partial charge in [0.15, 0.2) is 0 Å². The monoisotopic (exact) mass is 254 g/mol. The lowest BCUT2D eigenvalue weighted by atomic mass is 9.78. The second kappa shape index (κ2) is 6.36. The first kappa shape index (κ1) is 14.3. The van der Waals surface area contributed by atoms with Crippen molar-refractivity contribution >= 4 is 0 Å². The molecule has 2 aliphatic rings. The minimum absolute atomic E-state index is 0.285. The van der Waals surface area contributed by atoms with E-state index in [1.54, 1.807) is 0 Å². The van der Waals surface area contributed by atoms with Gasteiger partial charge in [0, 0.05) is 24.7 Å². The van der Waals surface area contributed by atoms with Crippen molar-refractivity contribution in [1.82, 2.24) is 10.2 Å². The van der Waals surface area contributed by atoms with Crippen molar-refractivity contribution in [1.29, 1.82) is 0 Å². The molecule has 18 heavy (non-hydrogen) atoms. The summed E-state index contributed by atoms with van der Waals surface area (Å²) in [4.78, 5) is 2.66. The largest absolute Gasteiger partial charge is 0.379 e. The molecule has 0 radical (unpaired) electrons. The van der Waals surface area contributed by atoms with Crippen molar-refractivity contribution in [3.05, 3.63) is 0 Å². The molecule has 1 aliphatic carbocycles. The molecule has 0 amide bonds. The maximum absolute atomic E-state index is 5.52. The van der Waals surface area contributed by atoms with E-state index in [0.29, 0.717) is 6.04 Å². The Morgan fingerprint density at radius 2 is 1.89 bits per heavy atom. The predicted octanol–water partition coefficient (Wildman–Crippen LogP) is 2.27. The molecule has 3 heteroatoms. The highest BCUT2D eigenvalue weighted by Crippen LogP contribution is 2.36. The molecule has 1 heterocycles. The number of hydrogen-bond acceptors (Lipinski definition) is 3. The first-order chi connectivity index (χ1) is 8.72. The number of ether oxygens (including phenoxy) is 1. The fraction of sp³-hybridized carbons (Fsp3) is 1.00. The van der Waals surface area contributed by atoms with Gasteiger partial charge in [-0.1, -0.05) is 19.8 Å². The van der Waals surface area contributed by atoms with Gasteiger partial charge in [-0.2, -0.15) is 0 Å². The summed E-state index contributed by atoms with van der Waals surface area (Å²) in [5, 5.41) is 3.65. The van der Waals surface area contributed by atoms with E-state index in [-0.39, 0.29) is 5.54 Å². The minimum Gasteiger partial charge on any atom is -0.379 e. The third kappa shape index (κ3) is 2.73. The van der Waals surface area contributed by atoms with Crippen molar-refractivity contribution in [2.75, 3.05) is 33.4 Å². The lowest BCUT2D eigenvalue weighted by Crippen LogP contribution is -2.63. The summed E-state index contributed by atoms with van der Waals surface area (Å²) in [6, 6.07) is 0.628. The Labute approximate surface area is 112 Å². The molecule has 106 valence electrons. The minimum atomic E-state index is 0.285. The van der Waals surface area contributed by atoms with Crippen LogP contribution in [-0.4, -0.2) is 49.8 Å². The topological polar surface area (TPSA) is 24.5 Å². The van der Waals surface area contributed by atoms with Gasteiger partial charge in [-0.15, -0.1) is 0 Å². The van der Waals surface area contributed by atoms with E-state index >= 15 is 0 Å². The number of rotatable bonds is 5. The lowest BCUT2D eigenvalue weighted by Gasteiger charge is -2.49. The zero-order valence-electron chi connectivity index (χ0n) is 12.4. The summed E-state index contributed by atoms with van der Waals surface area (Å²) in [5.41, 5.74) is 0.285. The first-order valence-electron chi connectivity index (χ1n) is 7.72. The summed E-state index contributed by atoms with van der Waals surface area (Å²) in [6.07, 6.45) is 6.88. The highest BCUT2D eigenvalue weighted by Gasteiger charge is 2.42. The molecule has 3 nitrogen and oxygen atoms in total. The summed E-state index contributed by atoms with van der Waals surface area (Å²) >= 11 is 0. The van der Waals surface area contributed by atoms with Crippen molar-refractivity contribution < 1.29 is 4.74 Å². The van der Waals surface area contributed by atoms with Gasteiger partial charge >= 0.3 is 0 Å². The molecule has 0 aromatic rings. The fourth-order valence-corrected chi connectivity index (χ4v) is 4.06. The normalized spacial score (nSPS) is 28.2. The fourth-order valence-electron chi connectivity index (χ4n) is 4.06. The second-order valence-corrected chi connectivity index (χ2v) is 6.12. The summed E-state index contributed by atoms with van der Waals surface area (Å²) < 4.78 is 5.52. The molecule has 0 bridgehead atoms. The number of nitrogens with zero attached hydrogens (tertiary/aromatic N) is 1. The summed E-state index contributed by atoms with van der Waals surface area (Å²) in [5.74, 6) is 0.864. The molecule has 0 aromatic carbocycles. The van der Waals surface area contributed by atoms with Crippen molar-refractivity contribution in [2.24, 2.45) is 5.92 Å². The Morgan fingerprint density at radius 1 is 1.28 bits per heavy atom. The van der Waals surface area contributed by atoms with Crippen LogP contribution < -0.4 is 5.32 Å². The average Bonchev–Trinajstić information content (AvgIpc) is 2.94. The third-order valence-corrected chi connectivity index (χ3v) is 5.30. The summed E-state index contributed by atoms with van der Waals surface area (Å²) in [6.45, 7) is 8.78. The average molecular weight is 254 g/mol. The number of likely N-dealkylation sites (N-methyl/N-ethyl adjacent to an activating group) is 1. The Kier molecular flexibility index (Phi) is 5.05. The lowest BCUT2D eigenvalue weighted by molar-refractivity contribution is -0.0395. The maximum Gasteiger partial charge on any atom is 0.0594 e. The molecule has 1 aliphatic heterocycles. The van der Waals surface area contributed by atoms with Gasteiger partial charge in [0.25, 0.3) is 0 Å². The first-order valence-corrected chi connectivity index (χ1v) is 7.72. The van der Waals surface area contributed by atoms with Crippen LogP contribution in [0.25, 0.3) is 0 Å². The number of nitrogens with one attached hydrogen (secondary N) is 1. The molecule has 1 saturated carbocycles. The highest BCUT2D eigenvalue weighted by atomic mass is 16.5. The van der Waals surface area contributed by atoms with Gasteiger partial charge in [-0.25, -0.2) is 0 Å². The van der Waals surface area contributed by atoms with Crippen LogP contribution in [0.15, 0.2) is 0 Å². The highest BCUT2D eigenvalue weighted by molar-refractivity contribution is 5.00. The number of hydrogen-bond donors (Lipinski definition) is 1. The van der Waals surface area contributed by atoms with Crippen LogP contribution in [0.4, 0.5) is 0 Å². The van der Waals surface area contributed by atoms with Crippen LogP contribution in [0.5, 0.6) is 0 Å². The van der Waals surface area contributed by atoms with Crippen LogP contribution in [-0.2, 0) is 4.74 Å². The van der Waals surface area contributed by atoms with E-state index in [9.17, 15) is 0 Å². The van der Waals surface area contributed by atoms with Crippen LogP contribution in [0.2, 0.25) is 0 Å². The molecule has 0 aromatic heterocycles. The SMILES string of the molecule is CCC(C)(C(NC)C1CCCC1)N1CCOCC1. The smallest absolute Gasteiger partial charge is 0.0594 e. The number of morpholine rings is 1. The summed E-state index contributed by atoms with van der Waals surface area (Å²) in [7, 11) is 2.15. The van der Waals surface area contributed by atoms with Crippen molar-refractivity contribution in [3.8, 4) is 0 Å². The van der Waals surface area contributed by atoms with Crippen LogP contribution in [0.1, 0.15) is 46.0 Å². The molecule has 1 saturated heterocycles. The van der Waals surface area contributed by atoms with Gasteiger partial charge in [0.1, 0.15) is 0 Å². The van der Waals surface area contributed by atoms with Gasteiger partial charge in [0.05, 0.1) is 13.2 Å². The Hall–Kier alpha value is -0.120. The van der Waals surface area contributed by atoms with E-state index in [4.69, 9.17) is 4.74 Å². The molecule has 2 fully saturated rings. The predicted molar refractivity (Wildman–Crippen MR) is 75.9 cm³/mol. The zero-order chi connectivity index (χ0) is 13.0. The Bertz CT molecular complexity index is 247. The van der Waals surface area contributed by atoms with Crippen molar-refractivity contribution in [2.45, 2.75) is 57.5 Å². The molecule has 2 unspecified atom stereocenters. The Balaban J connectivity index is 2.11. The van der Waals surface area contributed by atoms with Crippen LogP contribution in [0.3, 0.4) is 0 Å². The second-order valence-electron chi connectivity index (χ2n) is 6.12. The molecular formula is C15H30N2O. The van der Waals surface area contributed by atoms with Crippen LogP contribution in [0, 0.1) is 5.92 Å². The zero-order valence-corrected chi connectivity index (χ0v) is 12.4. The van der Waals surface area contributed by atoms with Crippen LogP contribution >= 0.6 is 0 Å². The van der Waals surface area contributed by atoms with Crippen molar-refractivity contribution in [3.63, 3.8) is 0 Å². The Morgan fingerprint density at radius 3 is 2.39 bits per heavy atom.